The Morgan fingerprint density at radius 1 is 1.64 bits per heavy atom. The summed E-state index contributed by atoms with van der Waals surface area (Å²) in [5.41, 5.74) is 0.430. The Morgan fingerprint density at radius 3 is 2.64 bits per heavy atom. The van der Waals surface area contributed by atoms with Crippen LogP contribution in [-0.2, 0) is 0 Å². The first kappa shape index (κ1) is 8.46. The number of oxazole rings is 1. The van der Waals surface area contributed by atoms with Gasteiger partial charge in [0.15, 0.2) is 11.7 Å². The number of aromatic nitrogens is 1. The van der Waals surface area contributed by atoms with Gasteiger partial charge >= 0.3 is 0 Å². The number of ketones is 1. The van der Waals surface area contributed by atoms with Gasteiger partial charge in [-0.15, -0.1) is 0 Å². The summed E-state index contributed by atoms with van der Waals surface area (Å²) in [5, 5.41) is 0.291. The van der Waals surface area contributed by atoms with E-state index in [-0.39, 0.29) is 5.78 Å². The number of hydrogen-bond acceptors (Lipinski definition) is 3. The number of hydrogen-bond donors (Lipinski definition) is 0. The highest BCUT2D eigenvalue weighted by Crippen LogP contribution is 2.10. The molecular weight excluding hydrogens is 210 g/mol. The molecule has 0 saturated carbocycles. The van der Waals surface area contributed by atoms with Gasteiger partial charge in [-0.2, -0.15) is 0 Å². The van der Waals surface area contributed by atoms with E-state index in [4.69, 9.17) is 4.42 Å². The van der Waals surface area contributed by atoms with Gasteiger partial charge in [-0.25, -0.2) is 4.98 Å². The van der Waals surface area contributed by atoms with E-state index in [0.29, 0.717) is 22.7 Å². The van der Waals surface area contributed by atoms with Gasteiger partial charge in [0.1, 0.15) is 11.5 Å². The number of halogens is 1. The molecule has 0 N–H and O–H groups in total. The molecule has 0 fully saturated rings. The van der Waals surface area contributed by atoms with Gasteiger partial charge in [-0.05, 0) is 6.92 Å². The highest BCUT2D eigenvalue weighted by Gasteiger charge is 2.13. The molecule has 0 spiro atoms. The third kappa shape index (κ3) is 1.68. The third-order valence-corrected chi connectivity index (χ3v) is 1.80. The van der Waals surface area contributed by atoms with Crippen LogP contribution < -0.4 is 0 Å². The van der Waals surface area contributed by atoms with Crippen LogP contribution in [0.15, 0.2) is 4.42 Å². The molecule has 0 amide bonds. The summed E-state index contributed by atoms with van der Waals surface area (Å²) in [4.78, 5) is 15.0. The van der Waals surface area contributed by atoms with E-state index in [2.05, 4.69) is 20.9 Å². The predicted octanol–water partition coefficient (Wildman–Crippen LogP) is 1.87. The van der Waals surface area contributed by atoms with Crippen molar-refractivity contribution < 1.29 is 9.21 Å². The largest absolute Gasteiger partial charge is 0.446 e. The summed E-state index contributed by atoms with van der Waals surface area (Å²) >= 11 is 3.06. The zero-order valence-corrected chi connectivity index (χ0v) is 7.93. The van der Waals surface area contributed by atoms with Crippen LogP contribution in [0.4, 0.5) is 0 Å². The molecule has 11 heavy (non-hydrogen) atoms. The maximum atomic E-state index is 11.1. The number of carbonyl (C=O) groups excluding carboxylic acids is 1. The van der Waals surface area contributed by atoms with E-state index >= 15 is 0 Å². The molecule has 0 aliphatic heterocycles. The summed E-state index contributed by atoms with van der Waals surface area (Å²) in [6.07, 6.45) is 0. The normalized spacial score (nSPS) is 10.1. The second-order valence-electron chi connectivity index (χ2n) is 2.19. The average molecular weight is 218 g/mol. The molecule has 1 aromatic heterocycles. The molecular formula is C7H8BrNO2. The van der Waals surface area contributed by atoms with Crippen molar-refractivity contribution in [2.45, 2.75) is 13.8 Å². The van der Waals surface area contributed by atoms with Crippen LogP contribution in [0, 0.1) is 13.8 Å². The Bertz CT molecular complexity index is 280. The van der Waals surface area contributed by atoms with Gasteiger partial charge in [0.25, 0.3) is 0 Å². The number of nitrogens with zero attached hydrogens (tertiary/aromatic N) is 1. The number of alkyl halides is 1. The van der Waals surface area contributed by atoms with Crippen molar-refractivity contribution in [1.29, 1.82) is 0 Å². The second-order valence-corrected chi connectivity index (χ2v) is 2.76. The van der Waals surface area contributed by atoms with Crippen molar-refractivity contribution in [1.82, 2.24) is 4.98 Å². The minimum absolute atomic E-state index is 0.0423. The van der Waals surface area contributed by atoms with Crippen LogP contribution in [0.2, 0.25) is 0 Å². The Kier molecular flexibility index (Phi) is 2.44. The van der Waals surface area contributed by atoms with Gasteiger partial charge in [0, 0.05) is 6.92 Å². The minimum atomic E-state index is -0.0423. The Morgan fingerprint density at radius 2 is 2.27 bits per heavy atom. The molecule has 1 heterocycles. The predicted molar refractivity (Wildman–Crippen MR) is 44.1 cm³/mol. The summed E-state index contributed by atoms with van der Waals surface area (Å²) in [6, 6.07) is 0. The van der Waals surface area contributed by atoms with Gasteiger partial charge in [0.2, 0.25) is 0 Å². The van der Waals surface area contributed by atoms with Crippen molar-refractivity contribution in [2.24, 2.45) is 0 Å². The van der Waals surface area contributed by atoms with E-state index in [1.165, 1.54) is 0 Å². The van der Waals surface area contributed by atoms with E-state index in [1.54, 1.807) is 13.8 Å². The monoisotopic (exact) mass is 217 g/mol. The van der Waals surface area contributed by atoms with Crippen molar-refractivity contribution in [2.75, 3.05) is 5.33 Å². The molecule has 0 aliphatic rings. The lowest BCUT2D eigenvalue weighted by Gasteiger charge is -1.88. The molecule has 0 radical (unpaired) electrons. The first-order valence-corrected chi connectivity index (χ1v) is 4.30. The smallest absolute Gasteiger partial charge is 0.195 e. The van der Waals surface area contributed by atoms with Gasteiger partial charge in [-0.1, -0.05) is 15.9 Å². The van der Waals surface area contributed by atoms with Crippen LogP contribution >= 0.6 is 15.9 Å². The van der Waals surface area contributed by atoms with Crippen LogP contribution in [0.3, 0.4) is 0 Å². The lowest BCUT2D eigenvalue weighted by Crippen LogP contribution is -2.01. The zero-order chi connectivity index (χ0) is 8.43. The van der Waals surface area contributed by atoms with Gasteiger partial charge in [-0.3, -0.25) is 4.79 Å². The molecule has 0 atom stereocenters. The SMILES string of the molecule is Cc1nc(C(=O)CBr)c(C)o1. The fraction of sp³-hybridized carbons (Fsp3) is 0.429. The molecule has 0 saturated heterocycles. The third-order valence-electron chi connectivity index (χ3n) is 1.29. The van der Waals surface area contributed by atoms with Crippen molar-refractivity contribution in [3.63, 3.8) is 0 Å². The molecule has 60 valence electrons. The number of aryl methyl sites for hydroxylation is 2. The highest BCUT2D eigenvalue weighted by molar-refractivity contribution is 9.09. The molecule has 1 aromatic rings. The maximum Gasteiger partial charge on any atom is 0.195 e. The first-order valence-electron chi connectivity index (χ1n) is 3.18. The Balaban J connectivity index is 3.03. The Labute approximate surface area is 72.9 Å². The van der Waals surface area contributed by atoms with Gasteiger partial charge in [0.05, 0.1) is 5.33 Å². The molecule has 3 nitrogen and oxygen atoms in total. The van der Waals surface area contributed by atoms with Crippen molar-refractivity contribution in [3.8, 4) is 0 Å². The fourth-order valence-corrected chi connectivity index (χ4v) is 1.12. The van der Waals surface area contributed by atoms with Crippen LogP contribution in [0.1, 0.15) is 22.1 Å². The highest BCUT2D eigenvalue weighted by atomic mass is 79.9. The maximum absolute atomic E-state index is 11.1. The minimum Gasteiger partial charge on any atom is -0.446 e. The first-order chi connectivity index (χ1) is 5.15. The summed E-state index contributed by atoms with van der Waals surface area (Å²) in [5.74, 6) is 1.08. The van der Waals surface area contributed by atoms with Gasteiger partial charge < -0.3 is 4.42 Å². The Hall–Kier alpha value is -0.640. The van der Waals surface area contributed by atoms with Crippen molar-refractivity contribution in [3.05, 3.63) is 17.3 Å². The van der Waals surface area contributed by atoms with E-state index in [0.717, 1.165) is 0 Å². The molecule has 0 aliphatic carbocycles. The lowest BCUT2D eigenvalue weighted by molar-refractivity contribution is 0.101. The standard InChI is InChI=1S/C7H8BrNO2/c1-4-7(6(10)3-8)9-5(2)11-4/h3H2,1-2H3. The van der Waals surface area contributed by atoms with Crippen LogP contribution in [0.25, 0.3) is 0 Å². The number of carbonyl (C=O) groups is 1. The number of rotatable bonds is 2. The van der Waals surface area contributed by atoms with E-state index < -0.39 is 0 Å². The van der Waals surface area contributed by atoms with Crippen molar-refractivity contribution >= 4 is 21.7 Å². The molecule has 0 unspecified atom stereocenters. The summed E-state index contributed by atoms with van der Waals surface area (Å²) < 4.78 is 5.08. The fourth-order valence-electron chi connectivity index (χ4n) is 0.851. The van der Waals surface area contributed by atoms with E-state index in [9.17, 15) is 4.79 Å². The van der Waals surface area contributed by atoms with Crippen LogP contribution in [0.5, 0.6) is 0 Å². The lowest BCUT2D eigenvalue weighted by atomic mass is 10.3. The van der Waals surface area contributed by atoms with E-state index in [1.807, 2.05) is 0 Å². The summed E-state index contributed by atoms with van der Waals surface area (Å²) in [6.45, 7) is 3.45. The zero-order valence-electron chi connectivity index (χ0n) is 6.35. The number of Topliss-reactive ketones (excluding diaryl/α,β-unsaturated/α-hetero) is 1. The molecule has 4 heteroatoms. The summed E-state index contributed by atoms with van der Waals surface area (Å²) in [7, 11) is 0. The molecule has 0 aromatic carbocycles. The average Bonchev–Trinajstić information content (AvgIpc) is 2.28. The quantitative estimate of drug-likeness (QED) is 0.562. The molecule has 1 rings (SSSR count). The second kappa shape index (κ2) is 3.17. The topological polar surface area (TPSA) is 43.1 Å². The van der Waals surface area contributed by atoms with Crippen LogP contribution in [-0.4, -0.2) is 16.1 Å². The molecule has 0 bridgehead atoms.